The van der Waals surface area contributed by atoms with E-state index in [2.05, 4.69) is 59.0 Å². The van der Waals surface area contributed by atoms with Crippen molar-refractivity contribution >= 4 is 5.69 Å². The second kappa shape index (κ2) is 7.37. The van der Waals surface area contributed by atoms with E-state index >= 15 is 0 Å². The summed E-state index contributed by atoms with van der Waals surface area (Å²) in [5, 5.41) is 11.3. The first-order chi connectivity index (χ1) is 13.1. The van der Waals surface area contributed by atoms with Gasteiger partial charge in [0.2, 0.25) is 0 Å². The third-order valence-electron chi connectivity index (χ3n) is 5.22. The van der Waals surface area contributed by atoms with Crippen LogP contribution in [0.1, 0.15) is 34.8 Å². The molecular formula is C22H23N3O2. The predicted molar refractivity (Wildman–Crippen MR) is 106 cm³/mol. The molecule has 0 spiro atoms. The number of aromatic nitrogens is 1. The van der Waals surface area contributed by atoms with Crippen LogP contribution in [0.15, 0.2) is 66.9 Å². The highest BCUT2D eigenvalue weighted by Gasteiger charge is 2.28. The number of nitro benzene ring substituents is 1. The highest BCUT2D eigenvalue weighted by atomic mass is 16.6. The smallest absolute Gasteiger partial charge is 0.269 e. The number of nitro groups is 1. The molecule has 2 aromatic carbocycles. The number of hydrogen-bond acceptors (Lipinski definition) is 3. The van der Waals surface area contributed by atoms with Crippen molar-refractivity contribution in [3.05, 3.63) is 99.4 Å². The van der Waals surface area contributed by atoms with E-state index in [9.17, 15) is 10.1 Å². The molecule has 27 heavy (non-hydrogen) atoms. The first-order valence-electron chi connectivity index (χ1n) is 9.31. The van der Waals surface area contributed by atoms with Crippen LogP contribution in [0.2, 0.25) is 0 Å². The quantitative estimate of drug-likeness (QED) is 0.500. The Bertz CT molecular complexity index is 963. The molecule has 0 unspecified atom stereocenters. The molecule has 0 fully saturated rings. The van der Waals surface area contributed by atoms with E-state index in [1.54, 1.807) is 18.2 Å². The van der Waals surface area contributed by atoms with Gasteiger partial charge in [-0.15, -0.1) is 0 Å². The normalized spacial score (nSPS) is 17.3. The minimum atomic E-state index is -0.315. The van der Waals surface area contributed by atoms with Gasteiger partial charge in [0.25, 0.3) is 5.69 Å². The van der Waals surface area contributed by atoms with E-state index in [1.165, 1.54) is 16.8 Å². The van der Waals surface area contributed by atoms with Gasteiger partial charge in [0, 0.05) is 43.7 Å². The highest BCUT2D eigenvalue weighted by Crippen LogP contribution is 2.34. The van der Waals surface area contributed by atoms with Crippen LogP contribution in [0, 0.1) is 17.0 Å². The highest BCUT2D eigenvalue weighted by molar-refractivity contribution is 5.39. The molecule has 138 valence electrons. The van der Waals surface area contributed by atoms with Gasteiger partial charge in [-0.25, -0.2) is 0 Å². The molecule has 5 nitrogen and oxygen atoms in total. The fraction of sp³-hybridized carbons (Fsp3) is 0.273. The largest absolute Gasteiger partial charge is 0.350 e. The van der Waals surface area contributed by atoms with E-state index in [0.29, 0.717) is 0 Å². The molecule has 5 heteroatoms. The summed E-state index contributed by atoms with van der Waals surface area (Å²) in [5.74, 6) is 0. The van der Waals surface area contributed by atoms with Gasteiger partial charge in [0.05, 0.1) is 11.0 Å². The minimum absolute atomic E-state index is 0.00270. The Labute approximate surface area is 159 Å². The molecule has 1 aliphatic rings. The van der Waals surface area contributed by atoms with Gasteiger partial charge in [-0.3, -0.25) is 15.0 Å². The van der Waals surface area contributed by atoms with E-state index in [0.717, 1.165) is 31.6 Å². The topological polar surface area (TPSA) is 51.3 Å². The van der Waals surface area contributed by atoms with Crippen molar-refractivity contribution < 1.29 is 4.92 Å². The number of non-ortho nitro benzene ring substituents is 1. The van der Waals surface area contributed by atoms with Gasteiger partial charge in [0.15, 0.2) is 0 Å². The lowest BCUT2D eigenvalue weighted by atomic mass is 10.00. The molecule has 0 saturated carbocycles. The molecule has 0 aliphatic carbocycles. The van der Waals surface area contributed by atoms with Gasteiger partial charge in [0.1, 0.15) is 0 Å². The van der Waals surface area contributed by atoms with Crippen molar-refractivity contribution in [2.45, 2.75) is 32.5 Å². The van der Waals surface area contributed by atoms with Crippen molar-refractivity contribution in [1.29, 1.82) is 0 Å². The number of benzene rings is 2. The summed E-state index contributed by atoms with van der Waals surface area (Å²) in [6.07, 6.45) is 3.16. The monoisotopic (exact) mass is 361 g/mol. The summed E-state index contributed by atoms with van der Waals surface area (Å²) in [5.41, 5.74) is 4.83. The van der Waals surface area contributed by atoms with E-state index in [1.807, 2.05) is 6.07 Å². The first kappa shape index (κ1) is 17.5. The average Bonchev–Trinajstić information content (AvgIpc) is 3.03. The van der Waals surface area contributed by atoms with Crippen molar-refractivity contribution in [1.82, 2.24) is 9.47 Å². The zero-order valence-corrected chi connectivity index (χ0v) is 15.4. The first-order valence-corrected chi connectivity index (χ1v) is 9.31. The standard InChI is InChI=1S/C22H23N3O2/c1-17-6-2-7-18(14-17)16-24-13-5-12-23-11-4-10-21(23)22(24)19-8-3-9-20(15-19)25(26)27/h2-4,6-11,14-15,22H,5,12-13,16H2,1H3/t22-/m1/s1. The second-order valence-electron chi connectivity index (χ2n) is 7.19. The van der Waals surface area contributed by atoms with Crippen LogP contribution in [-0.2, 0) is 13.1 Å². The van der Waals surface area contributed by atoms with Gasteiger partial charge in [-0.2, -0.15) is 0 Å². The van der Waals surface area contributed by atoms with E-state index in [-0.39, 0.29) is 16.7 Å². The maximum absolute atomic E-state index is 11.3. The number of nitrogens with zero attached hydrogens (tertiary/aromatic N) is 3. The third-order valence-corrected chi connectivity index (χ3v) is 5.22. The van der Waals surface area contributed by atoms with Crippen LogP contribution < -0.4 is 0 Å². The SMILES string of the molecule is Cc1cccc(CN2CCCn3cccc3[C@H]2c2cccc([N+](=O)[O-])c2)c1. The Morgan fingerprint density at radius 2 is 1.93 bits per heavy atom. The summed E-state index contributed by atoms with van der Waals surface area (Å²) >= 11 is 0. The molecule has 1 atom stereocenters. The molecule has 0 radical (unpaired) electrons. The molecular weight excluding hydrogens is 338 g/mol. The lowest BCUT2D eigenvalue weighted by molar-refractivity contribution is -0.384. The summed E-state index contributed by atoms with van der Waals surface area (Å²) in [4.78, 5) is 13.4. The van der Waals surface area contributed by atoms with Crippen LogP contribution in [0.3, 0.4) is 0 Å². The molecule has 2 heterocycles. The van der Waals surface area contributed by atoms with E-state index in [4.69, 9.17) is 0 Å². The summed E-state index contributed by atoms with van der Waals surface area (Å²) in [7, 11) is 0. The summed E-state index contributed by atoms with van der Waals surface area (Å²) < 4.78 is 2.28. The number of hydrogen-bond donors (Lipinski definition) is 0. The molecule has 0 bridgehead atoms. The summed E-state index contributed by atoms with van der Waals surface area (Å²) in [6, 6.07) is 19.8. The van der Waals surface area contributed by atoms with Gasteiger partial charge in [-0.1, -0.05) is 42.0 Å². The van der Waals surface area contributed by atoms with Crippen LogP contribution in [0.5, 0.6) is 0 Å². The molecule has 0 saturated heterocycles. The Morgan fingerprint density at radius 1 is 1.07 bits per heavy atom. The Balaban J connectivity index is 1.77. The third kappa shape index (κ3) is 3.64. The van der Waals surface area contributed by atoms with Crippen molar-refractivity contribution in [3.8, 4) is 0 Å². The zero-order chi connectivity index (χ0) is 18.8. The molecule has 0 amide bonds. The maximum atomic E-state index is 11.3. The maximum Gasteiger partial charge on any atom is 0.269 e. The minimum Gasteiger partial charge on any atom is -0.350 e. The molecule has 1 aliphatic heterocycles. The predicted octanol–water partition coefficient (Wildman–Crippen LogP) is 4.70. The molecule has 1 aromatic heterocycles. The lowest BCUT2D eigenvalue weighted by Gasteiger charge is -2.30. The number of fused-ring (bicyclic) bond motifs is 1. The van der Waals surface area contributed by atoms with E-state index < -0.39 is 0 Å². The Kier molecular flexibility index (Phi) is 4.77. The second-order valence-corrected chi connectivity index (χ2v) is 7.19. The van der Waals surface area contributed by atoms with Gasteiger partial charge in [-0.05, 0) is 36.6 Å². The number of aryl methyl sites for hydroxylation is 2. The average molecular weight is 361 g/mol. The van der Waals surface area contributed by atoms with Gasteiger partial charge >= 0.3 is 0 Å². The van der Waals surface area contributed by atoms with Crippen LogP contribution in [-0.4, -0.2) is 20.9 Å². The Morgan fingerprint density at radius 3 is 2.74 bits per heavy atom. The Hall–Kier alpha value is -2.92. The molecule has 4 rings (SSSR count). The van der Waals surface area contributed by atoms with Crippen LogP contribution in [0.25, 0.3) is 0 Å². The molecule has 3 aromatic rings. The van der Waals surface area contributed by atoms with Crippen molar-refractivity contribution in [3.63, 3.8) is 0 Å². The lowest BCUT2D eigenvalue weighted by Crippen LogP contribution is -2.29. The van der Waals surface area contributed by atoms with Crippen LogP contribution >= 0.6 is 0 Å². The van der Waals surface area contributed by atoms with Crippen LogP contribution in [0.4, 0.5) is 5.69 Å². The fourth-order valence-corrected chi connectivity index (χ4v) is 4.04. The van der Waals surface area contributed by atoms with Crippen molar-refractivity contribution in [2.75, 3.05) is 6.54 Å². The number of rotatable bonds is 4. The molecule has 0 N–H and O–H groups in total. The van der Waals surface area contributed by atoms with Crippen molar-refractivity contribution in [2.24, 2.45) is 0 Å². The summed E-state index contributed by atoms with van der Waals surface area (Å²) in [6.45, 7) is 4.84. The zero-order valence-electron chi connectivity index (χ0n) is 15.4. The van der Waals surface area contributed by atoms with Gasteiger partial charge < -0.3 is 4.57 Å². The fourth-order valence-electron chi connectivity index (χ4n) is 4.04.